The summed E-state index contributed by atoms with van der Waals surface area (Å²) in [5.41, 5.74) is 2.80. The van der Waals surface area contributed by atoms with E-state index in [0.717, 1.165) is 44.8 Å². The molecule has 0 radical (unpaired) electrons. The van der Waals surface area contributed by atoms with E-state index in [2.05, 4.69) is 27.3 Å². The number of benzene rings is 1. The SMILES string of the molecule is O=C(NCCCc1ccccc1)c1ccc(N2CCOCC2)cn1. The van der Waals surface area contributed by atoms with Gasteiger partial charge >= 0.3 is 0 Å². The number of carbonyl (C=O) groups excluding carboxylic acids is 1. The summed E-state index contributed by atoms with van der Waals surface area (Å²) in [6.07, 6.45) is 3.65. The molecule has 126 valence electrons. The first kappa shape index (κ1) is 16.5. The Bertz CT molecular complexity index is 637. The van der Waals surface area contributed by atoms with Crippen LogP contribution in [0.2, 0.25) is 0 Å². The number of amides is 1. The highest BCUT2D eigenvalue weighted by molar-refractivity contribution is 5.92. The van der Waals surface area contributed by atoms with Gasteiger partial charge in [0.15, 0.2) is 0 Å². The van der Waals surface area contributed by atoms with Crippen LogP contribution in [0.15, 0.2) is 48.7 Å². The summed E-state index contributed by atoms with van der Waals surface area (Å²) >= 11 is 0. The van der Waals surface area contributed by atoms with Crippen LogP contribution in [-0.2, 0) is 11.2 Å². The molecule has 2 heterocycles. The van der Waals surface area contributed by atoms with Gasteiger partial charge in [0.25, 0.3) is 5.91 Å². The van der Waals surface area contributed by atoms with Crippen molar-refractivity contribution >= 4 is 11.6 Å². The summed E-state index contributed by atoms with van der Waals surface area (Å²) in [4.78, 5) is 18.7. The molecule has 1 N–H and O–H groups in total. The fourth-order valence-electron chi connectivity index (χ4n) is 2.76. The molecule has 0 unspecified atom stereocenters. The minimum absolute atomic E-state index is 0.114. The highest BCUT2D eigenvalue weighted by Crippen LogP contribution is 2.14. The number of ether oxygens (including phenoxy) is 1. The van der Waals surface area contributed by atoms with E-state index in [1.807, 2.05) is 24.3 Å². The van der Waals surface area contributed by atoms with Crippen molar-refractivity contribution in [3.05, 3.63) is 59.9 Å². The van der Waals surface area contributed by atoms with E-state index in [-0.39, 0.29) is 5.91 Å². The smallest absolute Gasteiger partial charge is 0.269 e. The lowest BCUT2D eigenvalue weighted by molar-refractivity contribution is 0.0948. The van der Waals surface area contributed by atoms with E-state index in [9.17, 15) is 4.79 Å². The molecular weight excluding hydrogens is 302 g/mol. The van der Waals surface area contributed by atoms with Crippen LogP contribution in [-0.4, -0.2) is 43.7 Å². The van der Waals surface area contributed by atoms with Crippen LogP contribution >= 0.6 is 0 Å². The first-order valence-electron chi connectivity index (χ1n) is 8.44. The summed E-state index contributed by atoms with van der Waals surface area (Å²) < 4.78 is 5.34. The summed E-state index contributed by atoms with van der Waals surface area (Å²) in [5.74, 6) is -0.114. The molecule has 0 saturated carbocycles. The Morgan fingerprint density at radius 2 is 1.92 bits per heavy atom. The van der Waals surface area contributed by atoms with Crippen molar-refractivity contribution in [3.8, 4) is 0 Å². The zero-order valence-corrected chi connectivity index (χ0v) is 13.8. The molecule has 1 saturated heterocycles. The number of nitrogens with zero attached hydrogens (tertiary/aromatic N) is 2. The molecule has 5 heteroatoms. The Morgan fingerprint density at radius 1 is 1.12 bits per heavy atom. The van der Waals surface area contributed by atoms with E-state index in [4.69, 9.17) is 4.74 Å². The zero-order valence-electron chi connectivity index (χ0n) is 13.8. The van der Waals surface area contributed by atoms with Crippen molar-refractivity contribution in [1.29, 1.82) is 0 Å². The Morgan fingerprint density at radius 3 is 2.62 bits per heavy atom. The lowest BCUT2D eigenvalue weighted by atomic mass is 10.1. The minimum atomic E-state index is -0.114. The van der Waals surface area contributed by atoms with Gasteiger partial charge in [-0.25, -0.2) is 4.98 Å². The molecule has 3 rings (SSSR count). The van der Waals surface area contributed by atoms with Gasteiger partial charge in [0.2, 0.25) is 0 Å². The molecule has 1 aliphatic heterocycles. The second-order valence-corrected chi connectivity index (χ2v) is 5.85. The van der Waals surface area contributed by atoms with Crippen molar-refractivity contribution in [1.82, 2.24) is 10.3 Å². The van der Waals surface area contributed by atoms with Gasteiger partial charge in [-0.1, -0.05) is 30.3 Å². The van der Waals surface area contributed by atoms with Crippen LogP contribution in [0, 0.1) is 0 Å². The first-order chi connectivity index (χ1) is 11.8. The number of pyridine rings is 1. The molecule has 0 bridgehead atoms. The highest BCUT2D eigenvalue weighted by atomic mass is 16.5. The largest absolute Gasteiger partial charge is 0.378 e. The van der Waals surface area contributed by atoms with Gasteiger partial charge in [-0.05, 0) is 30.5 Å². The van der Waals surface area contributed by atoms with Crippen LogP contribution in [0.1, 0.15) is 22.5 Å². The molecule has 0 atom stereocenters. The molecular formula is C19H23N3O2. The van der Waals surface area contributed by atoms with Crippen LogP contribution in [0.25, 0.3) is 0 Å². The summed E-state index contributed by atoms with van der Waals surface area (Å²) in [6, 6.07) is 14.0. The van der Waals surface area contributed by atoms with E-state index >= 15 is 0 Å². The molecule has 2 aromatic rings. The number of carbonyl (C=O) groups is 1. The van der Waals surface area contributed by atoms with Crippen molar-refractivity contribution in [2.75, 3.05) is 37.7 Å². The lowest BCUT2D eigenvalue weighted by Crippen LogP contribution is -2.36. The first-order valence-corrected chi connectivity index (χ1v) is 8.44. The summed E-state index contributed by atoms with van der Waals surface area (Å²) in [5, 5.41) is 2.93. The van der Waals surface area contributed by atoms with E-state index < -0.39 is 0 Å². The van der Waals surface area contributed by atoms with Crippen LogP contribution in [0.3, 0.4) is 0 Å². The Labute approximate surface area is 142 Å². The second kappa shape index (κ2) is 8.45. The van der Waals surface area contributed by atoms with Gasteiger partial charge in [-0.3, -0.25) is 4.79 Å². The molecule has 1 fully saturated rings. The molecule has 0 spiro atoms. The lowest BCUT2D eigenvalue weighted by Gasteiger charge is -2.28. The van der Waals surface area contributed by atoms with Gasteiger partial charge in [0, 0.05) is 19.6 Å². The quantitative estimate of drug-likeness (QED) is 0.828. The van der Waals surface area contributed by atoms with Gasteiger partial charge in [0.05, 0.1) is 25.1 Å². The van der Waals surface area contributed by atoms with Gasteiger partial charge < -0.3 is 15.0 Å². The van der Waals surface area contributed by atoms with Crippen LogP contribution < -0.4 is 10.2 Å². The number of nitrogens with one attached hydrogen (secondary N) is 1. The predicted octanol–water partition coefficient (Wildman–Crippen LogP) is 2.28. The second-order valence-electron chi connectivity index (χ2n) is 5.85. The third kappa shape index (κ3) is 4.55. The van der Waals surface area contributed by atoms with Crippen LogP contribution in [0.4, 0.5) is 5.69 Å². The summed E-state index contributed by atoms with van der Waals surface area (Å²) in [7, 11) is 0. The number of hydrogen-bond donors (Lipinski definition) is 1. The average molecular weight is 325 g/mol. The average Bonchev–Trinajstić information content (AvgIpc) is 2.67. The number of aryl methyl sites for hydroxylation is 1. The maximum atomic E-state index is 12.1. The molecule has 1 aliphatic rings. The normalized spacial score (nSPS) is 14.4. The van der Waals surface area contributed by atoms with Gasteiger partial charge in [-0.2, -0.15) is 0 Å². The van der Waals surface area contributed by atoms with Gasteiger partial charge in [0.1, 0.15) is 5.69 Å². The third-order valence-corrected chi connectivity index (χ3v) is 4.13. The number of hydrogen-bond acceptors (Lipinski definition) is 4. The molecule has 24 heavy (non-hydrogen) atoms. The minimum Gasteiger partial charge on any atom is -0.378 e. The van der Waals surface area contributed by atoms with Crippen molar-refractivity contribution < 1.29 is 9.53 Å². The Kier molecular flexibility index (Phi) is 5.80. The maximum Gasteiger partial charge on any atom is 0.269 e. The van der Waals surface area contributed by atoms with E-state index in [1.165, 1.54) is 5.56 Å². The van der Waals surface area contributed by atoms with E-state index in [0.29, 0.717) is 12.2 Å². The molecule has 1 aromatic carbocycles. The fourth-order valence-corrected chi connectivity index (χ4v) is 2.76. The van der Waals surface area contributed by atoms with Crippen molar-refractivity contribution in [2.24, 2.45) is 0 Å². The molecule has 1 aromatic heterocycles. The number of aromatic nitrogens is 1. The van der Waals surface area contributed by atoms with Crippen molar-refractivity contribution in [2.45, 2.75) is 12.8 Å². The standard InChI is InChI=1S/C19H23N3O2/c23-19(20-10-4-7-16-5-2-1-3-6-16)18-9-8-17(15-21-18)22-11-13-24-14-12-22/h1-3,5-6,8-9,15H,4,7,10-14H2,(H,20,23). The fraction of sp³-hybridized carbons (Fsp3) is 0.368. The molecule has 5 nitrogen and oxygen atoms in total. The Hall–Kier alpha value is -2.40. The Balaban J connectivity index is 1.44. The number of morpholine rings is 1. The summed E-state index contributed by atoms with van der Waals surface area (Å²) in [6.45, 7) is 3.87. The number of anilines is 1. The zero-order chi connectivity index (χ0) is 16.6. The topological polar surface area (TPSA) is 54.5 Å². The van der Waals surface area contributed by atoms with E-state index in [1.54, 1.807) is 12.3 Å². The third-order valence-electron chi connectivity index (χ3n) is 4.13. The maximum absolute atomic E-state index is 12.1. The number of rotatable bonds is 6. The molecule has 0 aliphatic carbocycles. The monoisotopic (exact) mass is 325 g/mol. The van der Waals surface area contributed by atoms with Crippen molar-refractivity contribution in [3.63, 3.8) is 0 Å². The van der Waals surface area contributed by atoms with Gasteiger partial charge in [-0.15, -0.1) is 0 Å². The predicted molar refractivity (Wildman–Crippen MR) is 94.4 cm³/mol. The van der Waals surface area contributed by atoms with Crippen LogP contribution in [0.5, 0.6) is 0 Å². The molecule has 1 amide bonds. The highest BCUT2D eigenvalue weighted by Gasteiger charge is 2.12.